The lowest BCUT2D eigenvalue weighted by molar-refractivity contribution is 0.112. The van der Waals surface area contributed by atoms with Gasteiger partial charge in [-0.15, -0.1) is 0 Å². The maximum absolute atomic E-state index is 10.7. The number of ether oxygens (including phenoxy) is 1. The number of rotatable bonds is 3. The molecule has 5 nitrogen and oxygen atoms in total. The van der Waals surface area contributed by atoms with Crippen LogP contribution in [0.4, 0.5) is 11.4 Å². The van der Waals surface area contributed by atoms with Crippen molar-refractivity contribution >= 4 is 23.9 Å². The van der Waals surface area contributed by atoms with E-state index >= 15 is 0 Å². The zero-order chi connectivity index (χ0) is 13.4. The highest BCUT2D eigenvalue weighted by Gasteiger charge is 2.10. The third-order valence-electron chi connectivity index (χ3n) is 2.26. The van der Waals surface area contributed by atoms with E-state index in [0.717, 1.165) is 11.8 Å². The summed E-state index contributed by atoms with van der Waals surface area (Å²) in [5.74, 6) is 0. The lowest BCUT2D eigenvalue weighted by atomic mass is 10.0. The number of carbonyl (C=O) groups excluding carboxylic acids is 1. The second-order valence-corrected chi connectivity index (χ2v) is 3.39. The minimum absolute atomic E-state index is 0.481. The van der Waals surface area contributed by atoms with Crippen LogP contribution >= 0.6 is 0 Å². The zero-order valence-electron chi connectivity index (χ0n) is 10.6. The van der Waals surface area contributed by atoms with Crippen molar-refractivity contribution in [2.45, 2.75) is 6.92 Å². The van der Waals surface area contributed by atoms with Gasteiger partial charge in [0, 0.05) is 50.0 Å². The maximum Gasteiger partial charge on any atom is 0.150 e. The molecule has 4 N–H and O–H groups in total. The highest BCUT2D eigenvalue weighted by Crippen LogP contribution is 2.26. The van der Waals surface area contributed by atoms with Crippen molar-refractivity contribution < 1.29 is 9.53 Å². The standard InChI is InChI=1S/C10H13N3O.C2H6O/c1-6-7(5-14)3-9(13-2)8(4-11)10(6)12;1-3-2/h3-5,11,13H,12H2,1-2H3;1-2H3. The van der Waals surface area contributed by atoms with Gasteiger partial charge in [0.15, 0.2) is 0 Å². The molecule has 0 aromatic heterocycles. The van der Waals surface area contributed by atoms with Gasteiger partial charge >= 0.3 is 0 Å². The van der Waals surface area contributed by atoms with Crippen LogP contribution < -0.4 is 11.1 Å². The molecule has 17 heavy (non-hydrogen) atoms. The van der Waals surface area contributed by atoms with Gasteiger partial charge in [-0.05, 0) is 18.6 Å². The normalized spacial score (nSPS) is 8.94. The molecular weight excluding hydrogens is 218 g/mol. The number of nitrogen functional groups attached to an aromatic ring is 1. The zero-order valence-corrected chi connectivity index (χ0v) is 10.6. The fourth-order valence-electron chi connectivity index (χ4n) is 1.33. The summed E-state index contributed by atoms with van der Waals surface area (Å²) in [6, 6.07) is 1.69. The van der Waals surface area contributed by atoms with Gasteiger partial charge in [-0.25, -0.2) is 0 Å². The SMILES string of the molecule is CNc1cc(C=O)c(C)c(N)c1C=N.COC. The van der Waals surface area contributed by atoms with Crippen molar-refractivity contribution in [2.75, 3.05) is 32.3 Å². The molecular formula is C12H19N3O2. The van der Waals surface area contributed by atoms with Crippen molar-refractivity contribution in [3.8, 4) is 0 Å². The summed E-state index contributed by atoms with van der Waals surface area (Å²) < 4.78 is 4.25. The number of nitrogens with two attached hydrogens (primary N) is 1. The van der Waals surface area contributed by atoms with E-state index < -0.39 is 0 Å². The minimum atomic E-state index is 0.481. The molecule has 0 fully saturated rings. The molecule has 0 unspecified atom stereocenters. The number of carbonyl (C=O) groups is 1. The van der Waals surface area contributed by atoms with Crippen LogP contribution in [0.2, 0.25) is 0 Å². The van der Waals surface area contributed by atoms with Crippen LogP contribution in [0.3, 0.4) is 0 Å². The molecule has 0 atom stereocenters. The van der Waals surface area contributed by atoms with E-state index in [2.05, 4.69) is 10.1 Å². The summed E-state index contributed by atoms with van der Waals surface area (Å²) in [4.78, 5) is 10.7. The topological polar surface area (TPSA) is 88.2 Å². The van der Waals surface area contributed by atoms with Gasteiger partial charge in [-0.1, -0.05) is 0 Å². The molecule has 0 aliphatic carbocycles. The fourth-order valence-corrected chi connectivity index (χ4v) is 1.33. The Morgan fingerprint density at radius 3 is 2.35 bits per heavy atom. The van der Waals surface area contributed by atoms with Crippen molar-refractivity contribution in [3.63, 3.8) is 0 Å². The highest BCUT2D eigenvalue weighted by atomic mass is 16.4. The van der Waals surface area contributed by atoms with Crippen molar-refractivity contribution in [3.05, 3.63) is 22.8 Å². The summed E-state index contributed by atoms with van der Waals surface area (Å²) in [5.41, 5.74) is 8.87. The van der Waals surface area contributed by atoms with Crippen LogP contribution in [0.1, 0.15) is 21.5 Å². The van der Waals surface area contributed by atoms with Gasteiger partial charge in [0.25, 0.3) is 0 Å². The number of hydrogen-bond acceptors (Lipinski definition) is 5. The first-order chi connectivity index (χ1) is 8.06. The monoisotopic (exact) mass is 237 g/mol. The fraction of sp³-hybridized carbons (Fsp3) is 0.333. The highest BCUT2D eigenvalue weighted by molar-refractivity contribution is 5.97. The summed E-state index contributed by atoms with van der Waals surface area (Å²) >= 11 is 0. The average molecular weight is 237 g/mol. The molecule has 0 saturated carbocycles. The number of aldehydes is 1. The number of anilines is 2. The van der Waals surface area contributed by atoms with Crippen LogP contribution in [-0.4, -0.2) is 33.8 Å². The molecule has 0 amide bonds. The van der Waals surface area contributed by atoms with E-state index in [0.29, 0.717) is 22.5 Å². The predicted molar refractivity (Wildman–Crippen MR) is 71.3 cm³/mol. The third-order valence-corrected chi connectivity index (χ3v) is 2.26. The summed E-state index contributed by atoms with van der Waals surface area (Å²) in [6.45, 7) is 1.77. The number of nitrogens with one attached hydrogen (secondary N) is 2. The largest absolute Gasteiger partial charge is 0.398 e. The second-order valence-electron chi connectivity index (χ2n) is 3.39. The quantitative estimate of drug-likeness (QED) is 0.424. The second kappa shape index (κ2) is 7.40. The van der Waals surface area contributed by atoms with E-state index in [1.807, 2.05) is 0 Å². The number of hydrogen-bond donors (Lipinski definition) is 3. The number of methoxy groups -OCH3 is 1. The molecule has 0 spiro atoms. The van der Waals surface area contributed by atoms with E-state index in [-0.39, 0.29) is 0 Å². The number of benzene rings is 1. The Balaban J connectivity index is 0.000000770. The Kier molecular flexibility index (Phi) is 6.58. The molecule has 1 aromatic rings. The lowest BCUT2D eigenvalue weighted by Crippen LogP contribution is -2.04. The van der Waals surface area contributed by atoms with Gasteiger partial charge in [-0.3, -0.25) is 4.79 Å². The molecule has 0 heterocycles. The molecule has 5 heteroatoms. The molecule has 1 rings (SSSR count). The van der Waals surface area contributed by atoms with E-state index in [4.69, 9.17) is 11.1 Å². The van der Waals surface area contributed by atoms with E-state index in [1.54, 1.807) is 34.3 Å². The first-order valence-corrected chi connectivity index (χ1v) is 5.03. The van der Waals surface area contributed by atoms with Gasteiger partial charge in [0.1, 0.15) is 6.29 Å². The summed E-state index contributed by atoms with van der Waals surface area (Å²) in [6.07, 6.45) is 1.95. The molecule has 0 aliphatic heterocycles. The molecule has 0 bridgehead atoms. The Morgan fingerprint density at radius 2 is 2.00 bits per heavy atom. The Bertz CT molecular complexity index is 403. The first kappa shape index (κ1) is 15.1. The third kappa shape index (κ3) is 3.57. The Morgan fingerprint density at radius 1 is 1.47 bits per heavy atom. The van der Waals surface area contributed by atoms with Crippen molar-refractivity contribution in [2.24, 2.45) is 0 Å². The molecule has 0 saturated heterocycles. The van der Waals surface area contributed by atoms with Crippen LogP contribution in [-0.2, 0) is 4.74 Å². The van der Waals surface area contributed by atoms with Gasteiger partial charge in [-0.2, -0.15) is 0 Å². The van der Waals surface area contributed by atoms with Crippen LogP contribution in [0.25, 0.3) is 0 Å². The maximum atomic E-state index is 10.7. The van der Waals surface area contributed by atoms with Gasteiger partial charge < -0.3 is 21.2 Å². The Labute approximate surface area is 101 Å². The molecule has 94 valence electrons. The van der Waals surface area contributed by atoms with E-state index in [9.17, 15) is 4.79 Å². The Hall–Kier alpha value is -1.88. The predicted octanol–water partition coefficient (Wildman–Crippen LogP) is 1.69. The summed E-state index contributed by atoms with van der Waals surface area (Å²) in [7, 11) is 4.98. The van der Waals surface area contributed by atoms with Crippen LogP contribution in [0, 0.1) is 12.3 Å². The van der Waals surface area contributed by atoms with Crippen LogP contribution in [0.5, 0.6) is 0 Å². The van der Waals surface area contributed by atoms with E-state index in [1.165, 1.54) is 6.21 Å². The lowest BCUT2D eigenvalue weighted by Gasteiger charge is -2.12. The smallest absolute Gasteiger partial charge is 0.150 e. The van der Waals surface area contributed by atoms with Gasteiger partial charge in [0.05, 0.1) is 0 Å². The average Bonchev–Trinajstić information content (AvgIpc) is 2.33. The van der Waals surface area contributed by atoms with Crippen molar-refractivity contribution in [1.82, 2.24) is 0 Å². The van der Waals surface area contributed by atoms with Gasteiger partial charge in [0.2, 0.25) is 0 Å². The molecule has 1 aromatic carbocycles. The molecule has 0 aliphatic rings. The first-order valence-electron chi connectivity index (χ1n) is 5.03. The van der Waals surface area contributed by atoms with Crippen molar-refractivity contribution in [1.29, 1.82) is 5.41 Å². The molecule has 0 radical (unpaired) electrons. The summed E-state index contributed by atoms with van der Waals surface area (Å²) in [5, 5.41) is 10.1. The van der Waals surface area contributed by atoms with Crippen LogP contribution in [0.15, 0.2) is 6.07 Å². The minimum Gasteiger partial charge on any atom is -0.398 e.